The summed E-state index contributed by atoms with van der Waals surface area (Å²) in [6.45, 7) is 5.78. The Labute approximate surface area is 136 Å². The summed E-state index contributed by atoms with van der Waals surface area (Å²) in [5.74, 6) is -0.972. The van der Waals surface area contributed by atoms with E-state index in [0.29, 0.717) is 13.2 Å². The molecule has 1 unspecified atom stereocenters. The molecule has 4 heteroatoms. The summed E-state index contributed by atoms with van der Waals surface area (Å²) in [5.41, 5.74) is 0. The zero-order chi connectivity index (χ0) is 16.1. The molecular formula is C18H35NO3. The van der Waals surface area contributed by atoms with Crippen molar-refractivity contribution < 1.29 is 14.3 Å². The predicted octanol–water partition coefficient (Wildman–Crippen LogP) is 4.18. The fraction of sp³-hybridized carbons (Fsp3) is 0.944. The molecule has 0 spiro atoms. The van der Waals surface area contributed by atoms with Crippen molar-refractivity contribution in [1.82, 2.24) is 5.32 Å². The summed E-state index contributed by atoms with van der Waals surface area (Å²) in [7, 11) is 0. The molecule has 1 N–H and O–H groups in total. The number of esters is 1. The second-order valence-corrected chi connectivity index (χ2v) is 6.46. The summed E-state index contributed by atoms with van der Waals surface area (Å²) in [6, 6.07) is 0. The van der Waals surface area contributed by atoms with Crippen LogP contribution in [0.25, 0.3) is 0 Å². The average Bonchev–Trinajstić information content (AvgIpc) is 2.49. The van der Waals surface area contributed by atoms with Gasteiger partial charge in [-0.25, -0.2) is 0 Å². The smallest absolute Gasteiger partial charge is 0.305 e. The fourth-order valence-electron chi connectivity index (χ4n) is 3.06. The van der Waals surface area contributed by atoms with E-state index in [-0.39, 0.29) is 5.97 Å². The van der Waals surface area contributed by atoms with E-state index in [1.807, 2.05) is 0 Å². The van der Waals surface area contributed by atoms with Crippen molar-refractivity contribution in [3.05, 3.63) is 0 Å². The lowest BCUT2D eigenvalue weighted by atomic mass is 10.0. The lowest BCUT2D eigenvalue weighted by molar-refractivity contribution is -0.241. The Morgan fingerprint density at radius 1 is 1.05 bits per heavy atom. The third-order valence-corrected chi connectivity index (χ3v) is 4.28. The molecule has 0 aromatic heterocycles. The number of morpholine rings is 1. The Hall–Kier alpha value is -0.610. The lowest BCUT2D eigenvalue weighted by Crippen LogP contribution is -2.52. The minimum Gasteiger partial charge on any atom is -0.432 e. The number of ether oxygens (including phenoxy) is 2. The van der Waals surface area contributed by atoms with Gasteiger partial charge in [-0.2, -0.15) is 0 Å². The molecule has 1 rings (SSSR count). The molecular weight excluding hydrogens is 278 g/mol. The molecule has 0 radical (unpaired) electrons. The minimum atomic E-state index is -0.718. The van der Waals surface area contributed by atoms with Gasteiger partial charge in [-0.05, 0) is 6.42 Å². The summed E-state index contributed by atoms with van der Waals surface area (Å²) in [5, 5.41) is 3.26. The molecule has 0 aliphatic carbocycles. The SMILES string of the molecule is CCCCCCCCCCCCC1(OC(C)=O)CNCCO1. The Kier molecular flexibility index (Phi) is 10.5. The van der Waals surface area contributed by atoms with Gasteiger partial charge >= 0.3 is 5.97 Å². The molecule has 0 amide bonds. The van der Waals surface area contributed by atoms with Gasteiger partial charge in [-0.1, -0.05) is 64.7 Å². The van der Waals surface area contributed by atoms with Crippen LogP contribution in [-0.2, 0) is 14.3 Å². The van der Waals surface area contributed by atoms with Crippen LogP contribution in [0.3, 0.4) is 0 Å². The normalized spacial score (nSPS) is 21.7. The van der Waals surface area contributed by atoms with Crippen LogP contribution in [0.4, 0.5) is 0 Å². The molecule has 1 heterocycles. The van der Waals surface area contributed by atoms with Crippen molar-refractivity contribution in [3.8, 4) is 0 Å². The fourth-order valence-corrected chi connectivity index (χ4v) is 3.06. The topological polar surface area (TPSA) is 47.6 Å². The van der Waals surface area contributed by atoms with Crippen LogP contribution in [0.1, 0.15) is 84.5 Å². The molecule has 0 aromatic rings. The first-order chi connectivity index (χ1) is 10.7. The molecule has 1 fully saturated rings. The largest absolute Gasteiger partial charge is 0.432 e. The second kappa shape index (κ2) is 11.9. The monoisotopic (exact) mass is 313 g/mol. The van der Waals surface area contributed by atoms with Gasteiger partial charge in [0, 0.05) is 19.9 Å². The molecule has 130 valence electrons. The number of hydrogen-bond acceptors (Lipinski definition) is 4. The molecule has 0 saturated carbocycles. The van der Waals surface area contributed by atoms with Crippen LogP contribution < -0.4 is 5.32 Å². The zero-order valence-corrected chi connectivity index (χ0v) is 14.6. The van der Waals surface area contributed by atoms with E-state index in [4.69, 9.17) is 9.47 Å². The number of nitrogens with one attached hydrogen (secondary N) is 1. The average molecular weight is 313 g/mol. The van der Waals surface area contributed by atoms with Crippen molar-refractivity contribution in [3.63, 3.8) is 0 Å². The Morgan fingerprint density at radius 3 is 2.14 bits per heavy atom. The lowest BCUT2D eigenvalue weighted by Gasteiger charge is -2.36. The summed E-state index contributed by atoms with van der Waals surface area (Å²) in [6.07, 6.45) is 13.9. The first kappa shape index (κ1) is 19.4. The Balaban J connectivity index is 2.04. The molecule has 0 bridgehead atoms. The van der Waals surface area contributed by atoms with Crippen molar-refractivity contribution in [2.75, 3.05) is 19.7 Å². The van der Waals surface area contributed by atoms with Gasteiger partial charge in [0.2, 0.25) is 5.79 Å². The van der Waals surface area contributed by atoms with E-state index >= 15 is 0 Å². The van der Waals surface area contributed by atoms with E-state index in [9.17, 15) is 4.79 Å². The highest BCUT2D eigenvalue weighted by atomic mass is 16.7. The standard InChI is InChI=1S/C18H35NO3/c1-3-4-5-6-7-8-9-10-11-12-13-18(22-17(2)20)16-19-14-15-21-18/h19H,3-16H2,1-2H3. The quantitative estimate of drug-likeness (QED) is 0.434. The maximum atomic E-state index is 11.3. The number of rotatable bonds is 12. The molecule has 1 atom stereocenters. The van der Waals surface area contributed by atoms with E-state index < -0.39 is 5.79 Å². The van der Waals surface area contributed by atoms with Gasteiger partial charge in [0.15, 0.2) is 0 Å². The first-order valence-corrected chi connectivity index (χ1v) is 9.23. The Bertz CT molecular complexity index is 288. The molecule has 0 aromatic carbocycles. The van der Waals surface area contributed by atoms with Crippen LogP contribution in [0.2, 0.25) is 0 Å². The van der Waals surface area contributed by atoms with Gasteiger partial charge in [0.25, 0.3) is 0 Å². The van der Waals surface area contributed by atoms with Crippen LogP contribution in [0.5, 0.6) is 0 Å². The third-order valence-electron chi connectivity index (χ3n) is 4.28. The number of carbonyl (C=O) groups excluding carboxylic acids is 1. The summed E-state index contributed by atoms with van der Waals surface area (Å²) >= 11 is 0. The van der Waals surface area contributed by atoms with Crippen molar-refractivity contribution in [2.24, 2.45) is 0 Å². The van der Waals surface area contributed by atoms with Crippen LogP contribution in [-0.4, -0.2) is 31.5 Å². The van der Waals surface area contributed by atoms with E-state index in [0.717, 1.165) is 19.4 Å². The molecule has 1 aliphatic rings. The summed E-state index contributed by atoms with van der Waals surface area (Å²) < 4.78 is 11.2. The van der Waals surface area contributed by atoms with E-state index in [1.165, 1.54) is 64.7 Å². The summed E-state index contributed by atoms with van der Waals surface area (Å²) in [4.78, 5) is 11.3. The van der Waals surface area contributed by atoms with Gasteiger partial charge in [-0.15, -0.1) is 0 Å². The third kappa shape index (κ3) is 8.74. The molecule has 4 nitrogen and oxygen atoms in total. The number of carbonyl (C=O) groups is 1. The highest BCUT2D eigenvalue weighted by Crippen LogP contribution is 2.24. The van der Waals surface area contributed by atoms with Crippen molar-refractivity contribution >= 4 is 5.97 Å². The predicted molar refractivity (Wildman–Crippen MR) is 89.8 cm³/mol. The van der Waals surface area contributed by atoms with Crippen LogP contribution >= 0.6 is 0 Å². The molecule has 22 heavy (non-hydrogen) atoms. The first-order valence-electron chi connectivity index (χ1n) is 9.23. The molecule has 1 saturated heterocycles. The highest BCUT2D eigenvalue weighted by molar-refractivity contribution is 5.66. The van der Waals surface area contributed by atoms with Gasteiger partial charge in [0.1, 0.15) is 0 Å². The van der Waals surface area contributed by atoms with Gasteiger partial charge < -0.3 is 14.8 Å². The molecule has 1 aliphatic heterocycles. The zero-order valence-electron chi connectivity index (χ0n) is 14.6. The minimum absolute atomic E-state index is 0.254. The number of unbranched alkanes of at least 4 members (excludes halogenated alkanes) is 9. The Morgan fingerprint density at radius 2 is 1.64 bits per heavy atom. The van der Waals surface area contributed by atoms with E-state index in [1.54, 1.807) is 0 Å². The highest BCUT2D eigenvalue weighted by Gasteiger charge is 2.35. The van der Waals surface area contributed by atoms with Gasteiger partial charge in [0.05, 0.1) is 13.2 Å². The second-order valence-electron chi connectivity index (χ2n) is 6.46. The van der Waals surface area contributed by atoms with Gasteiger partial charge in [-0.3, -0.25) is 4.79 Å². The van der Waals surface area contributed by atoms with Crippen LogP contribution in [0, 0.1) is 0 Å². The maximum Gasteiger partial charge on any atom is 0.305 e. The maximum absolute atomic E-state index is 11.3. The number of hydrogen-bond donors (Lipinski definition) is 1. The van der Waals surface area contributed by atoms with Crippen molar-refractivity contribution in [2.45, 2.75) is 90.3 Å². The van der Waals surface area contributed by atoms with E-state index in [2.05, 4.69) is 12.2 Å². The van der Waals surface area contributed by atoms with Crippen LogP contribution in [0.15, 0.2) is 0 Å². The van der Waals surface area contributed by atoms with Crippen molar-refractivity contribution in [1.29, 1.82) is 0 Å².